The molecule has 2 aliphatic carbocycles. The molecule has 0 bridgehead atoms. The second-order valence-electron chi connectivity index (χ2n) is 2.12. The van der Waals surface area contributed by atoms with E-state index in [1.54, 1.807) is 0 Å². The molecule has 0 heterocycles. The van der Waals surface area contributed by atoms with Gasteiger partial charge in [0.25, 0.3) is 0 Å². The first kappa shape index (κ1) is 7.54. The maximum atomic E-state index is 9.25. The van der Waals surface area contributed by atoms with Crippen molar-refractivity contribution < 1.29 is 9.90 Å². The van der Waals surface area contributed by atoms with Gasteiger partial charge < -0.3 is 5.11 Å². The van der Waals surface area contributed by atoms with Crippen LogP contribution >= 0.6 is 0 Å². The van der Waals surface area contributed by atoms with Gasteiger partial charge in [0, 0.05) is 6.08 Å². The lowest BCUT2D eigenvalue weighted by Crippen LogP contribution is -1.82. The van der Waals surface area contributed by atoms with Crippen molar-refractivity contribution in [2.24, 2.45) is 0 Å². The quantitative estimate of drug-likeness (QED) is 0.627. The Morgan fingerprint density at radius 2 is 1.91 bits per heavy atom. The van der Waals surface area contributed by atoms with Gasteiger partial charge in [0.05, 0.1) is 0 Å². The number of carboxylic acid groups (broad SMARTS) is 1. The molecule has 11 heavy (non-hydrogen) atoms. The molecule has 0 fully saturated rings. The SMILES string of the molecule is C=CC(=O)O.c1cc2cc-2c1. The van der Waals surface area contributed by atoms with Crippen molar-refractivity contribution in [1.29, 1.82) is 0 Å². The van der Waals surface area contributed by atoms with Crippen LogP contribution in [0.5, 0.6) is 0 Å². The summed E-state index contributed by atoms with van der Waals surface area (Å²) in [5, 5.41) is 7.60. The lowest BCUT2D eigenvalue weighted by Gasteiger charge is -1.64. The molecule has 0 amide bonds. The number of carboxylic acids is 1. The van der Waals surface area contributed by atoms with Gasteiger partial charge in [0.2, 0.25) is 0 Å². The fourth-order valence-electron chi connectivity index (χ4n) is 0.676. The van der Waals surface area contributed by atoms with E-state index < -0.39 is 5.97 Å². The van der Waals surface area contributed by atoms with Crippen LogP contribution in [0.4, 0.5) is 0 Å². The minimum atomic E-state index is -0.981. The number of hydrogen-bond acceptors (Lipinski definition) is 1. The van der Waals surface area contributed by atoms with E-state index in [0.717, 1.165) is 6.08 Å². The summed E-state index contributed by atoms with van der Waals surface area (Å²) in [5.41, 5.74) is 2.85. The van der Waals surface area contributed by atoms with Crippen molar-refractivity contribution in [3.8, 4) is 11.1 Å². The molecule has 2 heteroatoms. The Kier molecular flexibility index (Phi) is 2.06. The van der Waals surface area contributed by atoms with Crippen molar-refractivity contribution in [2.75, 3.05) is 0 Å². The van der Waals surface area contributed by atoms with Crippen LogP contribution < -0.4 is 0 Å². The summed E-state index contributed by atoms with van der Waals surface area (Å²) in [6, 6.07) is 8.48. The van der Waals surface area contributed by atoms with Crippen LogP contribution in [0, 0.1) is 0 Å². The summed E-state index contributed by atoms with van der Waals surface area (Å²) in [7, 11) is 0. The molecule has 56 valence electrons. The van der Waals surface area contributed by atoms with Crippen molar-refractivity contribution in [2.45, 2.75) is 0 Å². The van der Waals surface area contributed by atoms with E-state index in [-0.39, 0.29) is 0 Å². The normalized spacial score (nSPS) is 9.09. The molecular weight excluding hydrogens is 140 g/mol. The zero-order chi connectivity index (χ0) is 8.27. The van der Waals surface area contributed by atoms with E-state index in [9.17, 15) is 4.79 Å². The zero-order valence-corrected chi connectivity index (χ0v) is 5.95. The summed E-state index contributed by atoms with van der Waals surface area (Å²) in [6.45, 7) is 2.96. The second kappa shape index (κ2) is 3.01. The highest BCUT2D eigenvalue weighted by Gasteiger charge is 2.06. The number of hydrogen-bond donors (Lipinski definition) is 1. The summed E-state index contributed by atoms with van der Waals surface area (Å²) in [4.78, 5) is 9.25. The van der Waals surface area contributed by atoms with Crippen LogP contribution in [-0.4, -0.2) is 11.1 Å². The Morgan fingerprint density at radius 1 is 1.45 bits per heavy atom. The van der Waals surface area contributed by atoms with Gasteiger partial charge in [0.1, 0.15) is 0 Å². The molecule has 0 saturated heterocycles. The molecule has 0 unspecified atom stereocenters. The molecule has 0 aromatic heterocycles. The molecule has 1 N–H and O–H groups in total. The number of aliphatic carboxylic acids is 1. The predicted octanol–water partition coefficient (Wildman–Crippen LogP) is 1.92. The van der Waals surface area contributed by atoms with Crippen molar-refractivity contribution in [3.63, 3.8) is 0 Å². The minimum Gasteiger partial charge on any atom is -0.478 e. The molecule has 2 aliphatic rings. The molecule has 0 atom stereocenters. The molecular formula is C9H8O2. The first-order chi connectivity index (χ1) is 5.24. The fraction of sp³-hybridized carbons (Fsp3) is 0. The third-order valence-electron chi connectivity index (χ3n) is 1.29. The average molecular weight is 148 g/mol. The van der Waals surface area contributed by atoms with Crippen LogP contribution in [0.15, 0.2) is 36.9 Å². The summed E-state index contributed by atoms with van der Waals surface area (Å²) in [5.74, 6) is -0.981. The Bertz CT molecular complexity index is 272. The average Bonchev–Trinajstić information content (AvgIpc) is 2.61. The van der Waals surface area contributed by atoms with E-state index in [1.165, 1.54) is 11.1 Å². The number of rotatable bonds is 1. The van der Waals surface area contributed by atoms with Crippen LogP contribution in [0.1, 0.15) is 0 Å². The number of carbonyl (C=O) groups is 1. The monoisotopic (exact) mass is 148 g/mol. The smallest absolute Gasteiger partial charge is 0.327 e. The summed E-state index contributed by atoms with van der Waals surface area (Å²) < 4.78 is 0. The van der Waals surface area contributed by atoms with Crippen LogP contribution in [0.2, 0.25) is 0 Å². The molecule has 0 aromatic rings. The highest BCUT2D eigenvalue weighted by Crippen LogP contribution is 2.32. The highest BCUT2D eigenvalue weighted by molar-refractivity contribution is 5.80. The number of benzene rings is 1. The number of fused-ring (bicyclic) bond motifs is 1. The molecule has 2 nitrogen and oxygen atoms in total. The first-order valence-electron chi connectivity index (χ1n) is 3.20. The molecule has 0 radical (unpaired) electrons. The van der Waals surface area contributed by atoms with Gasteiger partial charge in [0.15, 0.2) is 0 Å². The Balaban J connectivity index is 0.000000114. The topological polar surface area (TPSA) is 37.3 Å². The molecule has 0 spiro atoms. The molecule has 0 aromatic carbocycles. The van der Waals surface area contributed by atoms with Gasteiger partial charge in [-0.1, -0.05) is 24.8 Å². The largest absolute Gasteiger partial charge is 0.478 e. The highest BCUT2D eigenvalue weighted by atomic mass is 16.4. The van der Waals surface area contributed by atoms with Crippen LogP contribution in [-0.2, 0) is 4.79 Å². The Labute approximate surface area is 64.8 Å². The van der Waals surface area contributed by atoms with Gasteiger partial charge >= 0.3 is 5.97 Å². The maximum absolute atomic E-state index is 9.25. The summed E-state index contributed by atoms with van der Waals surface area (Å²) in [6.07, 6.45) is 0.833. The van der Waals surface area contributed by atoms with Gasteiger partial charge in [-0.2, -0.15) is 0 Å². The maximum Gasteiger partial charge on any atom is 0.327 e. The van der Waals surface area contributed by atoms with Gasteiger partial charge in [-0.15, -0.1) is 0 Å². The minimum absolute atomic E-state index is 0.833. The van der Waals surface area contributed by atoms with Crippen LogP contribution in [0.25, 0.3) is 11.1 Å². The third kappa shape index (κ3) is 2.26. The molecule has 2 rings (SSSR count). The van der Waals surface area contributed by atoms with Gasteiger partial charge in [-0.25, -0.2) is 4.79 Å². The van der Waals surface area contributed by atoms with Crippen molar-refractivity contribution >= 4 is 5.97 Å². The second-order valence-corrected chi connectivity index (χ2v) is 2.12. The predicted molar refractivity (Wildman–Crippen MR) is 43.3 cm³/mol. The summed E-state index contributed by atoms with van der Waals surface area (Å²) >= 11 is 0. The van der Waals surface area contributed by atoms with E-state index in [1.807, 2.05) is 0 Å². The van der Waals surface area contributed by atoms with Crippen molar-refractivity contribution in [1.82, 2.24) is 0 Å². The Morgan fingerprint density at radius 3 is 2.00 bits per heavy atom. The van der Waals surface area contributed by atoms with Gasteiger partial charge in [-0.05, 0) is 17.2 Å². The molecule has 0 aliphatic heterocycles. The van der Waals surface area contributed by atoms with E-state index in [4.69, 9.17) is 5.11 Å². The zero-order valence-electron chi connectivity index (χ0n) is 5.95. The first-order valence-corrected chi connectivity index (χ1v) is 3.20. The lowest BCUT2D eigenvalue weighted by molar-refractivity contribution is -0.131. The fourth-order valence-corrected chi connectivity index (χ4v) is 0.676. The van der Waals surface area contributed by atoms with E-state index >= 15 is 0 Å². The third-order valence-corrected chi connectivity index (χ3v) is 1.29. The van der Waals surface area contributed by atoms with Crippen LogP contribution in [0.3, 0.4) is 0 Å². The van der Waals surface area contributed by atoms with E-state index in [0.29, 0.717) is 0 Å². The lowest BCUT2D eigenvalue weighted by atomic mass is 10.6. The van der Waals surface area contributed by atoms with E-state index in [2.05, 4.69) is 30.8 Å². The van der Waals surface area contributed by atoms with Crippen molar-refractivity contribution in [3.05, 3.63) is 36.9 Å². The molecule has 0 saturated carbocycles. The van der Waals surface area contributed by atoms with Gasteiger partial charge in [-0.3, -0.25) is 0 Å². The standard InChI is InChI=1S/C6H4.C3H4O2/c1-2-5-4-6(5)3-1;1-2-3(4)5/h1-4H;2H,1H2,(H,4,5). The Hall–Kier alpha value is -1.57.